The van der Waals surface area contributed by atoms with Crippen LogP contribution in [-0.4, -0.2) is 40.0 Å². The van der Waals surface area contributed by atoms with E-state index in [1.807, 2.05) is 11.8 Å². The third-order valence-electron chi connectivity index (χ3n) is 3.52. The standard InChI is InChI=1S/C13H20N4S2/c1-3-14-8-11-12(15-13-17(11)5-7-19-13)16-4-6-18-9-10(16)2/h5,7,10,14H,3-4,6,8-9H2,1-2H3. The van der Waals surface area contributed by atoms with Gasteiger partial charge in [0, 0.05) is 42.2 Å². The van der Waals surface area contributed by atoms with Crippen molar-refractivity contribution in [2.24, 2.45) is 0 Å². The summed E-state index contributed by atoms with van der Waals surface area (Å²) >= 11 is 3.76. The molecule has 2 aromatic heterocycles. The summed E-state index contributed by atoms with van der Waals surface area (Å²) in [6.07, 6.45) is 2.13. The predicted molar refractivity (Wildman–Crippen MR) is 84.6 cm³/mol. The maximum absolute atomic E-state index is 4.86. The summed E-state index contributed by atoms with van der Waals surface area (Å²) in [6.45, 7) is 7.43. The van der Waals surface area contributed by atoms with Gasteiger partial charge in [0.15, 0.2) is 10.8 Å². The molecule has 6 heteroatoms. The first-order valence-corrected chi connectivity index (χ1v) is 8.84. The van der Waals surface area contributed by atoms with Crippen LogP contribution in [0.2, 0.25) is 0 Å². The van der Waals surface area contributed by atoms with Gasteiger partial charge in [0.1, 0.15) is 0 Å². The van der Waals surface area contributed by atoms with Crippen molar-refractivity contribution in [3.05, 3.63) is 17.3 Å². The molecular formula is C13H20N4S2. The van der Waals surface area contributed by atoms with E-state index in [2.05, 4.69) is 40.0 Å². The average Bonchev–Trinajstić information content (AvgIpc) is 2.98. The maximum atomic E-state index is 4.86. The van der Waals surface area contributed by atoms with E-state index < -0.39 is 0 Å². The van der Waals surface area contributed by atoms with E-state index in [1.54, 1.807) is 11.3 Å². The summed E-state index contributed by atoms with van der Waals surface area (Å²) in [5.74, 6) is 3.59. The van der Waals surface area contributed by atoms with Crippen LogP contribution in [0, 0.1) is 0 Å². The van der Waals surface area contributed by atoms with Gasteiger partial charge in [-0.05, 0) is 13.5 Å². The fourth-order valence-corrected chi connectivity index (χ4v) is 4.24. The first kappa shape index (κ1) is 13.3. The molecule has 3 rings (SSSR count). The van der Waals surface area contributed by atoms with Crippen LogP contribution in [0.25, 0.3) is 4.96 Å². The highest BCUT2D eigenvalue weighted by Crippen LogP contribution is 2.29. The highest BCUT2D eigenvalue weighted by atomic mass is 32.2. The van der Waals surface area contributed by atoms with Crippen LogP contribution in [0.3, 0.4) is 0 Å². The van der Waals surface area contributed by atoms with E-state index >= 15 is 0 Å². The zero-order valence-electron chi connectivity index (χ0n) is 11.4. The Bertz CT molecular complexity index is 548. The number of fused-ring (bicyclic) bond motifs is 1. The minimum atomic E-state index is 0.573. The van der Waals surface area contributed by atoms with E-state index in [-0.39, 0.29) is 0 Å². The summed E-state index contributed by atoms with van der Waals surface area (Å²) in [7, 11) is 0. The molecule has 1 aliphatic rings. The molecule has 2 aromatic rings. The molecule has 0 saturated carbocycles. The number of thioether (sulfide) groups is 1. The monoisotopic (exact) mass is 296 g/mol. The highest BCUT2D eigenvalue weighted by molar-refractivity contribution is 7.99. The predicted octanol–water partition coefficient (Wildman–Crippen LogP) is 2.45. The fraction of sp³-hybridized carbons (Fsp3) is 0.615. The molecule has 1 unspecified atom stereocenters. The molecule has 19 heavy (non-hydrogen) atoms. The zero-order valence-corrected chi connectivity index (χ0v) is 13.1. The van der Waals surface area contributed by atoms with Crippen molar-refractivity contribution < 1.29 is 0 Å². The third kappa shape index (κ3) is 2.49. The molecule has 104 valence electrons. The van der Waals surface area contributed by atoms with E-state index in [4.69, 9.17) is 4.98 Å². The minimum absolute atomic E-state index is 0.573. The lowest BCUT2D eigenvalue weighted by molar-refractivity contribution is 0.667. The second-order valence-corrected chi connectivity index (χ2v) is 6.86. The van der Waals surface area contributed by atoms with Gasteiger partial charge in [-0.15, -0.1) is 11.3 Å². The summed E-state index contributed by atoms with van der Waals surface area (Å²) in [4.78, 5) is 8.44. The number of rotatable bonds is 4. The molecule has 4 nitrogen and oxygen atoms in total. The number of imidazole rings is 1. The quantitative estimate of drug-likeness (QED) is 0.939. The molecule has 0 bridgehead atoms. The van der Waals surface area contributed by atoms with Gasteiger partial charge in [0.25, 0.3) is 0 Å². The largest absolute Gasteiger partial charge is 0.351 e. The molecule has 0 aliphatic carbocycles. The molecule has 0 amide bonds. The van der Waals surface area contributed by atoms with Gasteiger partial charge in [-0.1, -0.05) is 6.92 Å². The van der Waals surface area contributed by atoms with E-state index in [9.17, 15) is 0 Å². The topological polar surface area (TPSA) is 32.6 Å². The first-order valence-electron chi connectivity index (χ1n) is 6.80. The van der Waals surface area contributed by atoms with Crippen molar-refractivity contribution >= 4 is 33.9 Å². The number of anilines is 1. The Balaban J connectivity index is 1.98. The molecule has 0 radical (unpaired) electrons. The van der Waals surface area contributed by atoms with Crippen molar-refractivity contribution in [1.29, 1.82) is 0 Å². The normalized spacial score (nSPS) is 20.3. The molecule has 1 atom stereocenters. The van der Waals surface area contributed by atoms with Crippen LogP contribution < -0.4 is 10.2 Å². The van der Waals surface area contributed by atoms with Crippen LogP contribution in [0.4, 0.5) is 5.82 Å². The van der Waals surface area contributed by atoms with Gasteiger partial charge >= 0.3 is 0 Å². The van der Waals surface area contributed by atoms with Gasteiger partial charge in [-0.25, -0.2) is 4.98 Å². The fourth-order valence-electron chi connectivity index (χ4n) is 2.50. The van der Waals surface area contributed by atoms with Gasteiger partial charge < -0.3 is 10.2 Å². The number of nitrogens with zero attached hydrogens (tertiary/aromatic N) is 3. The lowest BCUT2D eigenvalue weighted by atomic mass is 10.2. The van der Waals surface area contributed by atoms with Crippen LogP contribution in [0.5, 0.6) is 0 Å². The smallest absolute Gasteiger partial charge is 0.195 e. The van der Waals surface area contributed by atoms with Gasteiger partial charge in [-0.2, -0.15) is 11.8 Å². The molecule has 1 aliphatic heterocycles. The summed E-state index contributed by atoms with van der Waals surface area (Å²) in [5, 5.41) is 5.55. The Morgan fingerprint density at radius 3 is 3.21 bits per heavy atom. The summed E-state index contributed by atoms with van der Waals surface area (Å²) in [6, 6.07) is 0.573. The number of aromatic nitrogens is 2. The Labute approximate surface area is 122 Å². The zero-order chi connectivity index (χ0) is 13.2. The molecule has 1 fully saturated rings. The van der Waals surface area contributed by atoms with E-state index in [0.29, 0.717) is 6.04 Å². The van der Waals surface area contributed by atoms with Crippen LogP contribution in [0.15, 0.2) is 11.6 Å². The molecule has 1 N–H and O–H groups in total. The van der Waals surface area contributed by atoms with Crippen molar-refractivity contribution in [2.75, 3.05) is 29.5 Å². The highest BCUT2D eigenvalue weighted by Gasteiger charge is 2.25. The SMILES string of the molecule is CCNCc1c(N2CCSCC2C)nc2sccn12. The van der Waals surface area contributed by atoms with Gasteiger partial charge in [0.2, 0.25) is 0 Å². The number of nitrogens with one attached hydrogen (secondary N) is 1. The molecule has 0 aromatic carbocycles. The molecule has 1 saturated heterocycles. The number of hydrogen-bond donors (Lipinski definition) is 1. The van der Waals surface area contributed by atoms with Crippen LogP contribution in [-0.2, 0) is 6.54 Å². The van der Waals surface area contributed by atoms with Crippen LogP contribution in [0.1, 0.15) is 19.5 Å². The Morgan fingerprint density at radius 2 is 2.42 bits per heavy atom. The lowest BCUT2D eigenvalue weighted by Gasteiger charge is -2.34. The molecule has 3 heterocycles. The Morgan fingerprint density at radius 1 is 1.53 bits per heavy atom. The second-order valence-electron chi connectivity index (χ2n) is 4.84. The van der Waals surface area contributed by atoms with Gasteiger partial charge in [-0.3, -0.25) is 4.40 Å². The van der Waals surface area contributed by atoms with Crippen molar-refractivity contribution in [3.63, 3.8) is 0 Å². The van der Waals surface area contributed by atoms with Crippen molar-refractivity contribution in [3.8, 4) is 0 Å². The van der Waals surface area contributed by atoms with Crippen molar-refractivity contribution in [1.82, 2.24) is 14.7 Å². The maximum Gasteiger partial charge on any atom is 0.195 e. The van der Waals surface area contributed by atoms with Crippen molar-refractivity contribution in [2.45, 2.75) is 26.4 Å². The lowest BCUT2D eigenvalue weighted by Crippen LogP contribution is -2.41. The average molecular weight is 296 g/mol. The number of thiazole rings is 1. The third-order valence-corrected chi connectivity index (χ3v) is 5.47. The minimum Gasteiger partial charge on any atom is -0.351 e. The summed E-state index contributed by atoms with van der Waals surface area (Å²) in [5.41, 5.74) is 1.30. The molecular weight excluding hydrogens is 276 g/mol. The Kier molecular flexibility index (Phi) is 4.00. The van der Waals surface area contributed by atoms with Crippen LogP contribution >= 0.6 is 23.1 Å². The van der Waals surface area contributed by atoms with Gasteiger partial charge in [0.05, 0.1) is 5.69 Å². The first-order chi connectivity index (χ1) is 9.31. The van der Waals surface area contributed by atoms with E-state index in [0.717, 1.165) is 24.6 Å². The molecule has 0 spiro atoms. The van der Waals surface area contributed by atoms with E-state index in [1.165, 1.54) is 23.0 Å². The summed E-state index contributed by atoms with van der Waals surface area (Å²) < 4.78 is 2.23. The number of hydrogen-bond acceptors (Lipinski definition) is 5. The second kappa shape index (κ2) is 5.73. The Hall–Kier alpha value is -0.720.